The summed E-state index contributed by atoms with van der Waals surface area (Å²) < 4.78 is 0. The third kappa shape index (κ3) is 4.64. The summed E-state index contributed by atoms with van der Waals surface area (Å²) in [6, 6.07) is 0. The standard InChI is InChI=1S/C13H26N2O2/c1-10(2)6-11(8-14)7-12(16)15-5-4-13(3,17)9-15/h10-11,17H,4-9,14H2,1-3H3. The Bertz CT molecular complexity index is 264. The number of hydrogen-bond acceptors (Lipinski definition) is 3. The van der Waals surface area contributed by atoms with E-state index in [1.807, 2.05) is 0 Å². The number of rotatable bonds is 5. The van der Waals surface area contributed by atoms with Gasteiger partial charge in [-0.2, -0.15) is 0 Å². The van der Waals surface area contributed by atoms with Gasteiger partial charge in [0.05, 0.1) is 5.60 Å². The molecule has 100 valence electrons. The van der Waals surface area contributed by atoms with E-state index in [4.69, 9.17) is 5.73 Å². The highest BCUT2D eigenvalue weighted by Crippen LogP contribution is 2.23. The third-order valence-electron chi connectivity index (χ3n) is 3.41. The van der Waals surface area contributed by atoms with Gasteiger partial charge in [-0.05, 0) is 38.1 Å². The van der Waals surface area contributed by atoms with Gasteiger partial charge in [-0.15, -0.1) is 0 Å². The summed E-state index contributed by atoms with van der Waals surface area (Å²) in [5.74, 6) is 0.977. The van der Waals surface area contributed by atoms with Gasteiger partial charge in [0.2, 0.25) is 5.91 Å². The molecule has 1 aliphatic heterocycles. The molecule has 3 N–H and O–H groups in total. The van der Waals surface area contributed by atoms with Gasteiger partial charge in [0.25, 0.3) is 0 Å². The first-order chi connectivity index (χ1) is 7.84. The lowest BCUT2D eigenvalue weighted by Gasteiger charge is -2.22. The van der Waals surface area contributed by atoms with E-state index in [0.717, 1.165) is 6.42 Å². The first-order valence-corrected chi connectivity index (χ1v) is 6.54. The molecule has 1 fully saturated rings. The molecule has 1 amide bonds. The molecule has 0 aliphatic carbocycles. The predicted molar refractivity (Wildman–Crippen MR) is 68.4 cm³/mol. The van der Waals surface area contributed by atoms with Crippen molar-refractivity contribution in [1.29, 1.82) is 0 Å². The second-order valence-corrected chi connectivity index (χ2v) is 6.00. The van der Waals surface area contributed by atoms with Crippen molar-refractivity contribution in [1.82, 2.24) is 4.90 Å². The highest BCUT2D eigenvalue weighted by molar-refractivity contribution is 5.76. The fraction of sp³-hybridized carbons (Fsp3) is 0.923. The Hall–Kier alpha value is -0.610. The minimum Gasteiger partial charge on any atom is -0.388 e. The molecule has 4 nitrogen and oxygen atoms in total. The van der Waals surface area contributed by atoms with E-state index in [-0.39, 0.29) is 11.8 Å². The first-order valence-electron chi connectivity index (χ1n) is 6.54. The summed E-state index contributed by atoms with van der Waals surface area (Å²) >= 11 is 0. The van der Waals surface area contributed by atoms with E-state index in [1.54, 1.807) is 11.8 Å². The smallest absolute Gasteiger partial charge is 0.222 e. The topological polar surface area (TPSA) is 66.6 Å². The Morgan fingerprint density at radius 3 is 2.59 bits per heavy atom. The molecule has 0 saturated carbocycles. The maximum atomic E-state index is 12.0. The number of nitrogens with two attached hydrogens (primary N) is 1. The van der Waals surface area contributed by atoms with Crippen molar-refractivity contribution in [2.45, 2.75) is 45.6 Å². The van der Waals surface area contributed by atoms with Crippen molar-refractivity contribution in [3.8, 4) is 0 Å². The highest BCUT2D eigenvalue weighted by atomic mass is 16.3. The summed E-state index contributed by atoms with van der Waals surface area (Å²) in [6.45, 7) is 7.78. The maximum Gasteiger partial charge on any atom is 0.222 e. The van der Waals surface area contributed by atoms with Crippen LogP contribution >= 0.6 is 0 Å². The van der Waals surface area contributed by atoms with Gasteiger partial charge in [-0.3, -0.25) is 4.79 Å². The van der Waals surface area contributed by atoms with Crippen LogP contribution in [0, 0.1) is 11.8 Å². The fourth-order valence-corrected chi connectivity index (χ4v) is 2.46. The third-order valence-corrected chi connectivity index (χ3v) is 3.41. The van der Waals surface area contributed by atoms with E-state index >= 15 is 0 Å². The summed E-state index contributed by atoms with van der Waals surface area (Å²) in [6.07, 6.45) is 2.19. The van der Waals surface area contributed by atoms with Crippen molar-refractivity contribution >= 4 is 5.91 Å². The van der Waals surface area contributed by atoms with Gasteiger partial charge in [0.15, 0.2) is 0 Å². The summed E-state index contributed by atoms with van der Waals surface area (Å²) in [4.78, 5) is 13.8. The zero-order valence-electron chi connectivity index (χ0n) is 11.3. The zero-order chi connectivity index (χ0) is 13.1. The van der Waals surface area contributed by atoms with Gasteiger partial charge in [0, 0.05) is 19.5 Å². The Balaban J connectivity index is 2.43. The van der Waals surface area contributed by atoms with Crippen molar-refractivity contribution < 1.29 is 9.90 Å². The van der Waals surface area contributed by atoms with Crippen LogP contribution < -0.4 is 5.73 Å². The SMILES string of the molecule is CC(C)CC(CN)CC(=O)N1CCC(C)(O)C1. The molecule has 1 saturated heterocycles. The molecular formula is C13H26N2O2. The quantitative estimate of drug-likeness (QED) is 0.755. The summed E-state index contributed by atoms with van der Waals surface area (Å²) in [5.41, 5.74) is 5.00. The molecule has 0 bridgehead atoms. The maximum absolute atomic E-state index is 12.0. The fourth-order valence-electron chi connectivity index (χ4n) is 2.46. The molecule has 0 aromatic carbocycles. The van der Waals surface area contributed by atoms with Crippen molar-refractivity contribution in [2.24, 2.45) is 17.6 Å². The second kappa shape index (κ2) is 5.83. The normalized spacial score (nSPS) is 26.6. The number of hydrogen-bond donors (Lipinski definition) is 2. The largest absolute Gasteiger partial charge is 0.388 e. The minimum atomic E-state index is -0.702. The van der Waals surface area contributed by atoms with E-state index in [0.29, 0.717) is 38.4 Å². The molecule has 17 heavy (non-hydrogen) atoms. The number of aliphatic hydroxyl groups is 1. The number of carbonyl (C=O) groups is 1. The van der Waals surface area contributed by atoms with Crippen LogP contribution in [0.25, 0.3) is 0 Å². The molecule has 2 unspecified atom stereocenters. The lowest BCUT2D eigenvalue weighted by Crippen LogP contribution is -2.35. The van der Waals surface area contributed by atoms with Crippen LogP contribution in [-0.4, -0.2) is 41.1 Å². The number of likely N-dealkylation sites (tertiary alicyclic amines) is 1. The Morgan fingerprint density at radius 1 is 1.53 bits per heavy atom. The molecule has 0 aromatic heterocycles. The van der Waals surface area contributed by atoms with Crippen LogP contribution in [0.5, 0.6) is 0 Å². The average Bonchev–Trinajstić information content (AvgIpc) is 2.57. The van der Waals surface area contributed by atoms with Crippen molar-refractivity contribution in [2.75, 3.05) is 19.6 Å². The highest BCUT2D eigenvalue weighted by Gasteiger charge is 2.34. The van der Waals surface area contributed by atoms with Gasteiger partial charge in [0.1, 0.15) is 0 Å². The van der Waals surface area contributed by atoms with Gasteiger partial charge < -0.3 is 15.7 Å². The molecule has 1 aliphatic rings. The molecule has 0 aromatic rings. The number of amides is 1. The van der Waals surface area contributed by atoms with Crippen molar-refractivity contribution in [3.63, 3.8) is 0 Å². The van der Waals surface area contributed by atoms with E-state index < -0.39 is 5.60 Å². The van der Waals surface area contributed by atoms with Crippen LogP contribution in [0.1, 0.15) is 40.0 Å². The van der Waals surface area contributed by atoms with Gasteiger partial charge in [-0.25, -0.2) is 0 Å². The van der Waals surface area contributed by atoms with E-state index in [1.165, 1.54) is 0 Å². The van der Waals surface area contributed by atoms with Crippen LogP contribution in [-0.2, 0) is 4.79 Å². The number of nitrogens with zero attached hydrogens (tertiary/aromatic N) is 1. The summed E-state index contributed by atoms with van der Waals surface area (Å²) in [5, 5.41) is 9.83. The Morgan fingerprint density at radius 2 is 2.18 bits per heavy atom. The van der Waals surface area contributed by atoms with Gasteiger partial charge in [-0.1, -0.05) is 13.8 Å². The molecular weight excluding hydrogens is 216 g/mol. The molecule has 2 atom stereocenters. The monoisotopic (exact) mass is 242 g/mol. The molecule has 0 radical (unpaired) electrons. The Labute approximate surface area is 104 Å². The predicted octanol–water partition coefficient (Wildman–Crippen LogP) is 0.981. The molecule has 0 spiro atoms. The van der Waals surface area contributed by atoms with Crippen LogP contribution in [0.15, 0.2) is 0 Å². The van der Waals surface area contributed by atoms with E-state index in [9.17, 15) is 9.90 Å². The van der Waals surface area contributed by atoms with Crippen LogP contribution in [0.2, 0.25) is 0 Å². The summed E-state index contributed by atoms with van der Waals surface area (Å²) in [7, 11) is 0. The van der Waals surface area contributed by atoms with Crippen LogP contribution in [0.3, 0.4) is 0 Å². The first kappa shape index (κ1) is 14.5. The van der Waals surface area contributed by atoms with Gasteiger partial charge >= 0.3 is 0 Å². The lowest BCUT2D eigenvalue weighted by atomic mass is 9.94. The number of β-amino-alcohol motifs (C(OH)–C–C–N with tert-alkyl or cyclic N) is 1. The average molecular weight is 242 g/mol. The van der Waals surface area contributed by atoms with Crippen molar-refractivity contribution in [3.05, 3.63) is 0 Å². The Kier molecular flexibility index (Phi) is 4.95. The van der Waals surface area contributed by atoms with Crippen LogP contribution in [0.4, 0.5) is 0 Å². The zero-order valence-corrected chi connectivity index (χ0v) is 11.3. The number of carbonyl (C=O) groups excluding carboxylic acids is 1. The second-order valence-electron chi connectivity index (χ2n) is 6.00. The minimum absolute atomic E-state index is 0.138. The molecule has 4 heteroatoms. The molecule has 1 heterocycles. The van der Waals surface area contributed by atoms with E-state index in [2.05, 4.69) is 13.8 Å². The molecule has 1 rings (SSSR count). The lowest BCUT2D eigenvalue weighted by molar-refractivity contribution is -0.132.